The molecule has 7 rings (SSSR count). The SMILES string of the molecule is OC(Nc1cncc(-c2cc(F)c3[nH]nc(-c4nc5c(-c6ccccn6)ccnc5[nH]4)c3c2)c1)C1CCCCC1. The molecule has 0 spiro atoms. The molecule has 0 amide bonds. The summed E-state index contributed by atoms with van der Waals surface area (Å²) in [7, 11) is 0. The first-order chi connectivity index (χ1) is 19.6. The Morgan fingerprint density at radius 1 is 0.975 bits per heavy atom. The van der Waals surface area contributed by atoms with Crippen molar-refractivity contribution in [1.82, 2.24) is 35.1 Å². The van der Waals surface area contributed by atoms with Gasteiger partial charge in [0.1, 0.15) is 28.8 Å². The highest BCUT2D eigenvalue weighted by atomic mass is 19.1. The van der Waals surface area contributed by atoms with Crippen molar-refractivity contribution in [2.24, 2.45) is 5.92 Å². The topological polar surface area (TPSA) is 128 Å². The van der Waals surface area contributed by atoms with Gasteiger partial charge in [0.2, 0.25) is 0 Å². The van der Waals surface area contributed by atoms with E-state index in [1.807, 2.05) is 36.4 Å². The van der Waals surface area contributed by atoms with Gasteiger partial charge in [0, 0.05) is 41.0 Å². The number of aliphatic hydroxyl groups excluding tert-OH is 1. The molecule has 0 bridgehead atoms. The van der Waals surface area contributed by atoms with Crippen LogP contribution in [-0.2, 0) is 0 Å². The van der Waals surface area contributed by atoms with Gasteiger partial charge in [-0.3, -0.25) is 15.1 Å². The fourth-order valence-electron chi connectivity index (χ4n) is 5.59. The third-order valence-electron chi connectivity index (χ3n) is 7.66. The number of anilines is 1. The number of aromatic amines is 2. The van der Waals surface area contributed by atoms with Crippen LogP contribution in [0.15, 0.2) is 67.3 Å². The largest absolute Gasteiger partial charge is 0.374 e. The quantitative estimate of drug-likeness (QED) is 0.191. The van der Waals surface area contributed by atoms with Gasteiger partial charge in [-0.15, -0.1) is 0 Å². The number of aliphatic hydroxyl groups is 1. The monoisotopic (exact) mass is 534 g/mol. The molecule has 200 valence electrons. The van der Waals surface area contributed by atoms with Crippen molar-refractivity contribution in [2.45, 2.75) is 38.3 Å². The molecule has 9 nitrogen and oxygen atoms in total. The predicted molar refractivity (Wildman–Crippen MR) is 152 cm³/mol. The van der Waals surface area contributed by atoms with Crippen LogP contribution >= 0.6 is 0 Å². The summed E-state index contributed by atoms with van der Waals surface area (Å²) < 4.78 is 15.3. The van der Waals surface area contributed by atoms with Crippen molar-refractivity contribution in [3.63, 3.8) is 0 Å². The zero-order chi connectivity index (χ0) is 27.1. The van der Waals surface area contributed by atoms with E-state index in [4.69, 9.17) is 4.98 Å². The first kappa shape index (κ1) is 24.3. The molecule has 1 unspecified atom stereocenters. The van der Waals surface area contributed by atoms with Crippen molar-refractivity contribution >= 4 is 27.8 Å². The summed E-state index contributed by atoms with van der Waals surface area (Å²) in [5.41, 5.74) is 5.68. The maximum absolute atomic E-state index is 15.3. The molecule has 0 radical (unpaired) electrons. The molecule has 40 heavy (non-hydrogen) atoms. The highest BCUT2D eigenvalue weighted by Gasteiger charge is 2.22. The average Bonchev–Trinajstić information content (AvgIpc) is 3.63. The van der Waals surface area contributed by atoms with Gasteiger partial charge in [-0.2, -0.15) is 5.10 Å². The number of halogens is 1. The Bertz CT molecular complexity index is 1810. The van der Waals surface area contributed by atoms with Crippen molar-refractivity contribution in [3.05, 3.63) is 73.1 Å². The highest BCUT2D eigenvalue weighted by molar-refractivity contribution is 5.97. The minimum absolute atomic E-state index is 0.219. The van der Waals surface area contributed by atoms with Gasteiger partial charge >= 0.3 is 0 Å². The number of hydrogen-bond acceptors (Lipinski definition) is 7. The van der Waals surface area contributed by atoms with E-state index in [9.17, 15) is 5.11 Å². The van der Waals surface area contributed by atoms with Gasteiger partial charge in [-0.1, -0.05) is 25.3 Å². The van der Waals surface area contributed by atoms with E-state index in [0.717, 1.165) is 42.5 Å². The number of pyridine rings is 3. The van der Waals surface area contributed by atoms with Crippen LogP contribution in [0.2, 0.25) is 0 Å². The Morgan fingerprint density at radius 2 is 1.88 bits per heavy atom. The van der Waals surface area contributed by atoms with Gasteiger partial charge in [-0.05, 0) is 54.8 Å². The molecule has 1 fully saturated rings. The molecule has 0 aliphatic heterocycles. The summed E-state index contributed by atoms with van der Waals surface area (Å²) in [4.78, 5) is 21.3. The summed E-state index contributed by atoms with van der Waals surface area (Å²) in [6.45, 7) is 0. The molecule has 6 aromatic rings. The molecule has 10 heteroatoms. The Kier molecular flexibility index (Phi) is 6.16. The molecule has 1 saturated carbocycles. The van der Waals surface area contributed by atoms with Gasteiger partial charge in [0.05, 0.1) is 17.6 Å². The van der Waals surface area contributed by atoms with Crippen LogP contribution in [0.25, 0.3) is 56.0 Å². The van der Waals surface area contributed by atoms with Crippen LogP contribution in [0.3, 0.4) is 0 Å². The number of hydrogen-bond donors (Lipinski definition) is 4. The Balaban J connectivity index is 1.25. The molecule has 1 atom stereocenters. The molecule has 5 heterocycles. The smallest absolute Gasteiger partial charge is 0.160 e. The molecular formula is C30H27FN8O. The summed E-state index contributed by atoms with van der Waals surface area (Å²) in [6, 6.07) is 12.8. The van der Waals surface area contributed by atoms with Crippen LogP contribution in [-0.4, -0.2) is 46.5 Å². The van der Waals surface area contributed by atoms with E-state index in [1.165, 1.54) is 12.5 Å². The third kappa shape index (κ3) is 4.46. The van der Waals surface area contributed by atoms with Crippen molar-refractivity contribution in [1.29, 1.82) is 0 Å². The van der Waals surface area contributed by atoms with Gasteiger partial charge in [0.15, 0.2) is 11.5 Å². The third-order valence-corrected chi connectivity index (χ3v) is 7.66. The van der Waals surface area contributed by atoms with Crippen LogP contribution in [0, 0.1) is 11.7 Å². The summed E-state index contributed by atoms with van der Waals surface area (Å²) >= 11 is 0. The number of aromatic nitrogens is 7. The van der Waals surface area contributed by atoms with E-state index in [-0.39, 0.29) is 11.4 Å². The first-order valence-electron chi connectivity index (χ1n) is 13.5. The number of fused-ring (bicyclic) bond motifs is 2. The zero-order valence-electron chi connectivity index (χ0n) is 21.6. The molecule has 1 aliphatic rings. The maximum atomic E-state index is 15.3. The lowest BCUT2D eigenvalue weighted by atomic mass is 9.88. The fourth-order valence-corrected chi connectivity index (χ4v) is 5.59. The molecule has 1 aromatic carbocycles. The van der Waals surface area contributed by atoms with Gasteiger partial charge in [-0.25, -0.2) is 14.4 Å². The Hall–Kier alpha value is -4.70. The average molecular weight is 535 g/mol. The van der Waals surface area contributed by atoms with Crippen LogP contribution < -0.4 is 5.32 Å². The molecule has 5 aromatic heterocycles. The number of nitrogens with zero attached hydrogens (tertiary/aromatic N) is 5. The lowest BCUT2D eigenvalue weighted by molar-refractivity contribution is 0.109. The van der Waals surface area contributed by atoms with Gasteiger partial charge in [0.25, 0.3) is 0 Å². The minimum Gasteiger partial charge on any atom is -0.374 e. The summed E-state index contributed by atoms with van der Waals surface area (Å²) in [5, 5.41) is 21.7. The van der Waals surface area contributed by atoms with Crippen molar-refractivity contribution in [2.75, 3.05) is 5.32 Å². The van der Waals surface area contributed by atoms with Crippen molar-refractivity contribution in [3.8, 4) is 33.9 Å². The second-order valence-electron chi connectivity index (χ2n) is 10.3. The first-order valence-corrected chi connectivity index (χ1v) is 13.5. The fraction of sp³-hybridized carbons (Fsp3) is 0.233. The highest BCUT2D eigenvalue weighted by Crippen LogP contribution is 2.34. The van der Waals surface area contributed by atoms with Crippen molar-refractivity contribution < 1.29 is 9.50 Å². The summed E-state index contributed by atoms with van der Waals surface area (Å²) in [6.07, 6.45) is 11.7. The number of imidazole rings is 1. The number of nitrogens with one attached hydrogen (secondary N) is 3. The number of H-pyrrole nitrogens is 2. The van der Waals surface area contributed by atoms with Gasteiger partial charge < -0.3 is 15.4 Å². The second-order valence-corrected chi connectivity index (χ2v) is 10.3. The molecular weight excluding hydrogens is 507 g/mol. The number of rotatable bonds is 6. The normalized spacial score (nSPS) is 15.1. The lowest BCUT2D eigenvalue weighted by Crippen LogP contribution is -2.30. The maximum Gasteiger partial charge on any atom is 0.160 e. The summed E-state index contributed by atoms with van der Waals surface area (Å²) in [5.74, 6) is 0.254. The lowest BCUT2D eigenvalue weighted by Gasteiger charge is -2.27. The Morgan fingerprint density at radius 3 is 2.73 bits per heavy atom. The van der Waals surface area contributed by atoms with Crippen LogP contribution in [0.5, 0.6) is 0 Å². The molecule has 0 saturated heterocycles. The van der Waals surface area contributed by atoms with E-state index in [1.54, 1.807) is 24.8 Å². The van der Waals surface area contributed by atoms with E-state index >= 15 is 4.39 Å². The second kappa shape index (κ2) is 10.1. The molecule has 1 aliphatic carbocycles. The minimum atomic E-state index is -0.644. The predicted octanol–water partition coefficient (Wildman–Crippen LogP) is 6.07. The van der Waals surface area contributed by atoms with E-state index in [2.05, 4.69) is 35.5 Å². The van der Waals surface area contributed by atoms with E-state index in [0.29, 0.717) is 39.3 Å². The van der Waals surface area contributed by atoms with Crippen LogP contribution in [0.4, 0.5) is 10.1 Å². The Labute approximate surface area is 229 Å². The zero-order valence-corrected chi connectivity index (χ0v) is 21.6. The van der Waals surface area contributed by atoms with Crippen LogP contribution in [0.1, 0.15) is 32.1 Å². The standard InChI is InChI=1S/C30H27FN8O/c31-23-14-18(19-12-20(16-32-15-19)35-30(40)17-6-2-1-3-7-17)13-22-25(23)38-39-27(22)29-36-26-21(9-11-34-28(26)37-29)24-8-4-5-10-33-24/h4-5,8-17,30,35,40H,1-3,6-7H2,(H,38,39)(H,34,36,37). The van der Waals surface area contributed by atoms with E-state index < -0.39 is 12.0 Å². The number of benzene rings is 1. The molecule has 4 N–H and O–H groups in total.